The molecule has 0 aliphatic rings. The Morgan fingerprint density at radius 1 is 0.875 bits per heavy atom. The van der Waals surface area contributed by atoms with E-state index in [1.54, 1.807) is 0 Å². The number of non-ortho nitro benzene ring substituents is 2. The molecule has 1 amide bonds. The number of amides is 1. The zero-order valence-electron chi connectivity index (χ0n) is 20.5. The Morgan fingerprint density at radius 2 is 1.30 bits per heavy atom. The zero-order valence-corrected chi connectivity index (χ0v) is 21.4. The number of nitro benzene ring substituents is 2. The number of carbonyl (C=O) groups excluding carboxylic acids is 2. The van der Waals surface area contributed by atoms with E-state index < -0.39 is 61.5 Å². The minimum absolute atomic E-state index is 0.191. The number of ether oxygens (including phenoxy) is 1. The number of hydrogen-bond acceptors (Lipinski definition) is 12. The first-order valence-electron chi connectivity index (χ1n) is 10.9. The summed E-state index contributed by atoms with van der Waals surface area (Å²) in [6.45, 7) is -1.21. The van der Waals surface area contributed by atoms with Gasteiger partial charge >= 0.3 is 25.6 Å². The molecule has 0 heterocycles. The van der Waals surface area contributed by atoms with E-state index in [1.807, 2.05) is 0 Å². The lowest BCUT2D eigenvalue weighted by Crippen LogP contribution is -2.44. The Kier molecular flexibility index (Phi) is 11.6. The van der Waals surface area contributed by atoms with Crippen LogP contribution in [0.5, 0.6) is 0 Å². The highest BCUT2D eigenvalue weighted by atomic mass is 31.2. The van der Waals surface area contributed by atoms with Crippen molar-refractivity contribution < 1.29 is 61.0 Å². The number of rotatable bonds is 15. The molecule has 0 spiro atoms. The van der Waals surface area contributed by atoms with Gasteiger partial charge in [0.05, 0.1) is 16.5 Å². The molecule has 0 saturated heterocycles. The van der Waals surface area contributed by atoms with Gasteiger partial charge in [-0.25, -0.2) is 9.78 Å². The number of carbonyl (C=O) groups is 2. The molecular weight excluding hydrogens is 574 g/mol. The topological polar surface area (TPSA) is 187 Å². The van der Waals surface area contributed by atoms with Crippen molar-refractivity contribution in [2.75, 3.05) is 19.4 Å². The smallest absolute Gasteiger partial charge is 0.465 e. The van der Waals surface area contributed by atoms with E-state index in [1.165, 1.54) is 31.2 Å². The summed E-state index contributed by atoms with van der Waals surface area (Å²) < 4.78 is 66.7. The lowest BCUT2D eigenvalue weighted by Gasteiger charge is -2.25. The van der Waals surface area contributed by atoms with Gasteiger partial charge in [-0.15, -0.1) is 9.35 Å². The molecule has 0 unspecified atom stereocenters. The van der Waals surface area contributed by atoms with Crippen LogP contribution in [-0.2, 0) is 51.2 Å². The largest absolute Gasteiger partial charge is 0.471 e. The standard InChI is InChI=1S/C21H21F3N3O12P/c1-2-35-19(28)11-25(20(29)21(22,23)24)14-40(34,38-36-12-15-3-7-17(8-4-15)26(30)31)39-37-13-16-5-9-18(10-6-16)27(32)33/h3-10H,2,11-14H2,1H3. The van der Waals surface area contributed by atoms with Crippen molar-refractivity contribution in [3.05, 3.63) is 79.9 Å². The van der Waals surface area contributed by atoms with E-state index in [0.29, 0.717) is 0 Å². The predicted molar refractivity (Wildman–Crippen MR) is 125 cm³/mol. The molecule has 40 heavy (non-hydrogen) atoms. The molecular formula is C21H21F3N3O12P. The van der Waals surface area contributed by atoms with Crippen LogP contribution in [0.1, 0.15) is 18.1 Å². The lowest BCUT2D eigenvalue weighted by atomic mass is 10.2. The summed E-state index contributed by atoms with van der Waals surface area (Å²) in [5, 5.41) is 21.5. The number of alkyl halides is 3. The maximum atomic E-state index is 13.3. The van der Waals surface area contributed by atoms with Crippen molar-refractivity contribution >= 4 is 30.8 Å². The van der Waals surface area contributed by atoms with Crippen LogP contribution >= 0.6 is 7.60 Å². The SMILES string of the molecule is CCOC(=O)CN(CP(=O)(OOCc1ccc([N+](=O)[O-])cc1)OOCc1ccc([N+](=O)[O-])cc1)C(=O)C(F)(F)F. The van der Waals surface area contributed by atoms with Crippen LogP contribution in [-0.4, -0.2) is 52.2 Å². The molecule has 19 heteroatoms. The summed E-state index contributed by atoms with van der Waals surface area (Å²) in [5.41, 5.74) is -0.00503. The highest BCUT2D eigenvalue weighted by Gasteiger charge is 2.46. The molecule has 0 aromatic heterocycles. The number of hydrogen-bond donors (Lipinski definition) is 0. The van der Waals surface area contributed by atoms with Crippen LogP contribution < -0.4 is 0 Å². The second kappa shape index (κ2) is 14.4. The quantitative estimate of drug-likeness (QED) is 0.0940. The van der Waals surface area contributed by atoms with Crippen molar-refractivity contribution in [2.45, 2.75) is 26.3 Å². The maximum absolute atomic E-state index is 13.3. The van der Waals surface area contributed by atoms with Gasteiger partial charge < -0.3 is 9.64 Å². The monoisotopic (exact) mass is 595 g/mol. The summed E-state index contributed by atoms with van der Waals surface area (Å²) in [4.78, 5) is 53.3. The van der Waals surface area contributed by atoms with E-state index in [0.717, 1.165) is 24.3 Å². The number of halogens is 3. The third-order valence-corrected chi connectivity index (χ3v) is 5.93. The third kappa shape index (κ3) is 10.3. The normalized spacial score (nSPS) is 11.6. The fourth-order valence-electron chi connectivity index (χ4n) is 2.77. The van der Waals surface area contributed by atoms with E-state index in [4.69, 9.17) is 19.1 Å². The third-order valence-electron chi connectivity index (χ3n) is 4.58. The molecule has 2 aromatic rings. The number of nitro groups is 2. The molecule has 0 N–H and O–H groups in total. The van der Waals surface area contributed by atoms with Gasteiger partial charge in [-0.05, 0) is 42.3 Å². The molecule has 0 atom stereocenters. The Labute approximate surface area is 223 Å². The fraction of sp³-hybridized carbons (Fsp3) is 0.333. The van der Waals surface area contributed by atoms with E-state index in [-0.39, 0.29) is 34.0 Å². The van der Waals surface area contributed by atoms with Gasteiger partial charge in [0.15, 0.2) is 0 Å². The molecule has 0 aliphatic heterocycles. The van der Waals surface area contributed by atoms with Gasteiger partial charge in [-0.2, -0.15) is 13.2 Å². The van der Waals surface area contributed by atoms with Crippen LogP contribution in [0.15, 0.2) is 48.5 Å². The summed E-state index contributed by atoms with van der Waals surface area (Å²) in [6, 6.07) is 9.46. The number of nitrogens with zero attached hydrogens (tertiary/aromatic N) is 3. The average Bonchev–Trinajstić information content (AvgIpc) is 2.88. The van der Waals surface area contributed by atoms with Gasteiger partial charge in [0.25, 0.3) is 11.4 Å². The zero-order chi connectivity index (χ0) is 29.9. The molecule has 2 rings (SSSR count). The molecule has 2 aromatic carbocycles. The second-order valence-electron chi connectivity index (χ2n) is 7.58. The van der Waals surface area contributed by atoms with Crippen molar-refractivity contribution in [1.82, 2.24) is 4.90 Å². The Hall–Kier alpha value is -3.96. The van der Waals surface area contributed by atoms with Gasteiger partial charge in [0, 0.05) is 24.3 Å². The molecule has 0 radical (unpaired) electrons. The second-order valence-corrected chi connectivity index (χ2v) is 9.38. The van der Waals surface area contributed by atoms with Crippen LogP contribution in [0.25, 0.3) is 0 Å². The van der Waals surface area contributed by atoms with E-state index >= 15 is 0 Å². The summed E-state index contributed by atoms with van der Waals surface area (Å²) in [5.74, 6) is -3.83. The number of esters is 1. The van der Waals surface area contributed by atoms with E-state index in [2.05, 4.69) is 4.74 Å². The van der Waals surface area contributed by atoms with Gasteiger partial charge in [0.2, 0.25) is 0 Å². The molecule has 0 bridgehead atoms. The molecule has 0 saturated carbocycles. The fourth-order valence-corrected chi connectivity index (χ4v) is 3.97. The molecule has 0 fully saturated rings. The van der Waals surface area contributed by atoms with Crippen molar-refractivity contribution in [3.8, 4) is 0 Å². The maximum Gasteiger partial charge on any atom is 0.471 e. The molecule has 218 valence electrons. The highest BCUT2D eigenvalue weighted by Crippen LogP contribution is 2.50. The minimum Gasteiger partial charge on any atom is -0.465 e. The average molecular weight is 595 g/mol. The highest BCUT2D eigenvalue weighted by molar-refractivity contribution is 7.53. The summed E-state index contributed by atoms with van der Waals surface area (Å²) in [7, 11) is -4.96. The van der Waals surface area contributed by atoms with Crippen molar-refractivity contribution in [1.29, 1.82) is 0 Å². The van der Waals surface area contributed by atoms with Crippen LogP contribution in [0.2, 0.25) is 0 Å². The first-order chi connectivity index (χ1) is 18.7. The first kappa shape index (κ1) is 32.3. The number of benzene rings is 2. The van der Waals surface area contributed by atoms with Gasteiger partial charge in [0.1, 0.15) is 26.0 Å². The Bertz CT molecular complexity index is 1170. The molecule has 15 nitrogen and oxygen atoms in total. The lowest BCUT2D eigenvalue weighted by molar-refractivity contribution is -0.385. The van der Waals surface area contributed by atoms with Crippen LogP contribution in [0, 0.1) is 20.2 Å². The predicted octanol–water partition coefficient (Wildman–Crippen LogP) is 4.20. The van der Waals surface area contributed by atoms with Crippen molar-refractivity contribution in [2.24, 2.45) is 0 Å². The summed E-state index contributed by atoms with van der Waals surface area (Å²) in [6.07, 6.45) is -6.97. The molecule has 0 aliphatic carbocycles. The van der Waals surface area contributed by atoms with Gasteiger partial charge in [-0.3, -0.25) is 34.4 Å². The first-order valence-corrected chi connectivity index (χ1v) is 12.7. The van der Waals surface area contributed by atoms with Gasteiger partial charge in [-0.1, -0.05) is 0 Å². The van der Waals surface area contributed by atoms with E-state index in [9.17, 15) is 47.6 Å². The van der Waals surface area contributed by atoms with Crippen LogP contribution in [0.4, 0.5) is 24.5 Å². The summed E-state index contributed by atoms with van der Waals surface area (Å²) >= 11 is 0. The van der Waals surface area contributed by atoms with Crippen LogP contribution in [0.3, 0.4) is 0 Å². The van der Waals surface area contributed by atoms with Crippen molar-refractivity contribution in [3.63, 3.8) is 0 Å². The minimum atomic E-state index is -5.49. The Morgan fingerprint density at radius 3 is 1.65 bits per heavy atom. The Balaban J connectivity index is 2.20.